The van der Waals surface area contributed by atoms with E-state index in [1.807, 2.05) is 12.2 Å². The van der Waals surface area contributed by atoms with Gasteiger partial charge in [-0.1, -0.05) is 111 Å². The average Bonchev–Trinajstić information content (AvgIpc) is 3.19. The molecule has 0 spiro atoms. The largest absolute Gasteiger partial charge is 0.480 e. The van der Waals surface area contributed by atoms with Crippen molar-refractivity contribution in [2.45, 2.75) is 135 Å². The molecule has 0 saturated heterocycles. The molecule has 322 valence electrons. The van der Waals surface area contributed by atoms with Crippen molar-refractivity contribution in [1.29, 1.82) is 0 Å². The van der Waals surface area contributed by atoms with Crippen LogP contribution in [0.5, 0.6) is 0 Å². The van der Waals surface area contributed by atoms with Crippen LogP contribution in [0.2, 0.25) is 0 Å². The van der Waals surface area contributed by atoms with E-state index < -0.39 is 57.7 Å². The normalized spacial score (nSPS) is 14.7. The maximum Gasteiger partial charge on any atom is 0.472 e. The number of ether oxygens (including phenoxy) is 2. The topological polar surface area (TPSA) is 192 Å². The van der Waals surface area contributed by atoms with E-state index in [9.17, 15) is 23.8 Å². The zero-order chi connectivity index (χ0) is 42.1. The van der Waals surface area contributed by atoms with Crippen molar-refractivity contribution in [1.82, 2.24) is 0 Å². The van der Waals surface area contributed by atoms with Gasteiger partial charge in [-0.05, 0) is 96.3 Å². The Hall–Kier alpha value is -3.64. The van der Waals surface area contributed by atoms with Gasteiger partial charge in [0, 0.05) is 19.4 Å². The number of hydrogen-bond acceptors (Lipinski definition) is 10. The molecular formula is C44H70NO11P. The summed E-state index contributed by atoms with van der Waals surface area (Å²) in [4.78, 5) is 45.8. The summed E-state index contributed by atoms with van der Waals surface area (Å²) in [6.45, 7) is 0.560. The summed E-state index contributed by atoms with van der Waals surface area (Å²) >= 11 is 0. The van der Waals surface area contributed by atoms with Gasteiger partial charge in [-0.25, -0.2) is 4.57 Å². The molecule has 0 aliphatic carbocycles. The summed E-state index contributed by atoms with van der Waals surface area (Å²) in [7, 11) is -4.75. The average molecular weight is 820 g/mol. The number of phosphoric acid groups is 1. The number of aliphatic hydroxyl groups excluding tert-OH is 1. The van der Waals surface area contributed by atoms with Crippen LogP contribution in [0.3, 0.4) is 0 Å². The zero-order valence-electron chi connectivity index (χ0n) is 34.1. The van der Waals surface area contributed by atoms with Crippen LogP contribution >= 0.6 is 7.82 Å². The third-order valence-corrected chi connectivity index (χ3v) is 8.82. The molecule has 0 rings (SSSR count). The van der Waals surface area contributed by atoms with Gasteiger partial charge in [-0.3, -0.25) is 23.4 Å². The number of rotatable bonds is 37. The minimum absolute atomic E-state index is 0.0856. The number of carbonyl (C=O) groups excluding carboxylic acids is 2. The maximum atomic E-state index is 12.6. The molecule has 0 aliphatic rings. The van der Waals surface area contributed by atoms with Crippen LogP contribution in [0, 0.1) is 0 Å². The predicted molar refractivity (Wildman–Crippen MR) is 227 cm³/mol. The number of aliphatic hydroxyl groups is 1. The number of carboxylic acid groups (broad SMARTS) is 1. The lowest BCUT2D eigenvalue weighted by Gasteiger charge is -2.20. The molecule has 0 amide bonds. The monoisotopic (exact) mass is 819 g/mol. The third-order valence-electron chi connectivity index (χ3n) is 7.87. The standard InChI is InChI=1S/C44H70NO11P/c1-2-3-4-5-6-7-8-9-13-17-20-23-26-29-32-35-43(48)56-40(38-54-57(51,52)55-39-41(45)44(49)50)37-53-42(47)34-31-28-25-22-19-16-14-11-10-12-15-18-21-24-27-30-33-36-46/h3-4,6-7,9-10,12-14,16,18,20-23,25,40-41,46H,2,5,8,11,15,17,19,24,26-39,45H2,1H3,(H,49,50)(H,51,52)/b4-3-,7-6-,12-10-,13-9-,16-14-,21-18-,23-20-,25-22-/t40-,41+/m1/s1. The molecule has 0 aliphatic heterocycles. The van der Waals surface area contributed by atoms with Crippen LogP contribution in [-0.4, -0.2) is 71.6 Å². The summed E-state index contributed by atoms with van der Waals surface area (Å²) in [5.74, 6) is -2.54. The second kappa shape index (κ2) is 39.2. The van der Waals surface area contributed by atoms with Gasteiger partial charge in [-0.15, -0.1) is 0 Å². The van der Waals surface area contributed by atoms with Gasteiger partial charge in [0.1, 0.15) is 12.6 Å². The highest BCUT2D eigenvalue weighted by atomic mass is 31.2. The molecule has 13 heteroatoms. The molecule has 0 fully saturated rings. The van der Waals surface area contributed by atoms with Gasteiger partial charge in [0.25, 0.3) is 0 Å². The van der Waals surface area contributed by atoms with Gasteiger partial charge in [-0.2, -0.15) is 0 Å². The van der Waals surface area contributed by atoms with E-state index in [2.05, 4.69) is 96.5 Å². The number of allylic oxidation sites excluding steroid dienone is 16. The number of aliphatic carboxylic acids is 1. The minimum Gasteiger partial charge on any atom is -0.480 e. The first-order valence-electron chi connectivity index (χ1n) is 20.4. The second-order valence-electron chi connectivity index (χ2n) is 13.1. The number of carbonyl (C=O) groups is 3. The van der Waals surface area contributed by atoms with Gasteiger partial charge < -0.3 is 30.3 Å². The first-order valence-corrected chi connectivity index (χ1v) is 21.9. The molecule has 0 aromatic heterocycles. The Morgan fingerprint density at radius 3 is 1.51 bits per heavy atom. The summed E-state index contributed by atoms with van der Waals surface area (Å²) in [5.41, 5.74) is 5.31. The van der Waals surface area contributed by atoms with Crippen molar-refractivity contribution in [2.75, 3.05) is 26.4 Å². The molecule has 3 atom stereocenters. The minimum atomic E-state index is -4.75. The maximum absolute atomic E-state index is 12.6. The molecule has 1 unspecified atom stereocenters. The SMILES string of the molecule is CC/C=C\C/C=C\C/C=C\C/C=C\CCCCC(=O)O[C@H](COC(=O)CCC/C=C\C/C=C\C/C=C\C/C=C\CCCCCO)COP(=O)(O)OC[C@H](N)C(=O)O. The summed E-state index contributed by atoms with van der Waals surface area (Å²) in [6, 6.07) is -1.54. The molecule has 0 aromatic rings. The lowest BCUT2D eigenvalue weighted by Crippen LogP contribution is -2.34. The van der Waals surface area contributed by atoms with Gasteiger partial charge in [0.05, 0.1) is 13.2 Å². The Balaban J connectivity index is 4.58. The van der Waals surface area contributed by atoms with Crippen molar-refractivity contribution in [3.63, 3.8) is 0 Å². The predicted octanol–water partition coefficient (Wildman–Crippen LogP) is 9.47. The van der Waals surface area contributed by atoms with E-state index in [1.54, 1.807) is 0 Å². The Morgan fingerprint density at radius 1 is 0.579 bits per heavy atom. The first kappa shape index (κ1) is 53.4. The Morgan fingerprint density at radius 2 is 1.02 bits per heavy atom. The van der Waals surface area contributed by atoms with Crippen LogP contribution in [0.1, 0.15) is 122 Å². The van der Waals surface area contributed by atoms with Crippen molar-refractivity contribution < 1.29 is 52.6 Å². The van der Waals surface area contributed by atoms with Crippen LogP contribution < -0.4 is 5.73 Å². The fourth-order valence-corrected chi connectivity index (χ4v) is 5.45. The van der Waals surface area contributed by atoms with Crippen LogP contribution in [0.15, 0.2) is 97.2 Å². The molecule has 0 aromatic carbocycles. The summed E-state index contributed by atoms with van der Waals surface area (Å²) in [6.07, 6.45) is 46.4. The summed E-state index contributed by atoms with van der Waals surface area (Å²) < 4.78 is 32.5. The fraction of sp³-hybridized carbons (Fsp3) is 0.568. The lowest BCUT2D eigenvalue weighted by atomic mass is 10.2. The number of unbranched alkanes of at least 4 members (excludes halogenated alkanes) is 6. The quantitative estimate of drug-likeness (QED) is 0.0201. The molecule has 12 nitrogen and oxygen atoms in total. The fourth-order valence-electron chi connectivity index (χ4n) is 4.67. The van der Waals surface area contributed by atoms with E-state index in [0.717, 1.165) is 83.5 Å². The lowest BCUT2D eigenvalue weighted by molar-refractivity contribution is -0.161. The first-order chi connectivity index (χ1) is 27.6. The van der Waals surface area contributed by atoms with Gasteiger partial charge >= 0.3 is 25.7 Å². The molecular weight excluding hydrogens is 749 g/mol. The van der Waals surface area contributed by atoms with E-state index >= 15 is 0 Å². The smallest absolute Gasteiger partial charge is 0.472 e. The number of phosphoric ester groups is 1. The molecule has 0 heterocycles. The summed E-state index contributed by atoms with van der Waals surface area (Å²) in [5, 5.41) is 17.7. The zero-order valence-corrected chi connectivity index (χ0v) is 35.0. The van der Waals surface area contributed by atoms with E-state index in [4.69, 9.17) is 29.9 Å². The molecule has 57 heavy (non-hydrogen) atoms. The van der Waals surface area contributed by atoms with Crippen LogP contribution in [-0.2, 0) is 37.5 Å². The van der Waals surface area contributed by atoms with Crippen molar-refractivity contribution >= 4 is 25.7 Å². The third kappa shape index (κ3) is 39.0. The number of esters is 2. The van der Waals surface area contributed by atoms with Gasteiger partial charge in [0.15, 0.2) is 6.10 Å². The Kier molecular flexibility index (Phi) is 36.7. The highest BCUT2D eigenvalue weighted by Gasteiger charge is 2.28. The number of hydrogen-bond donors (Lipinski definition) is 4. The van der Waals surface area contributed by atoms with E-state index in [0.29, 0.717) is 19.3 Å². The van der Waals surface area contributed by atoms with E-state index in [-0.39, 0.29) is 19.4 Å². The number of nitrogens with two attached hydrogens (primary N) is 1. The highest BCUT2D eigenvalue weighted by Crippen LogP contribution is 2.43. The molecule has 0 radical (unpaired) electrons. The van der Waals surface area contributed by atoms with Crippen LogP contribution in [0.25, 0.3) is 0 Å². The molecule has 5 N–H and O–H groups in total. The van der Waals surface area contributed by atoms with Crippen molar-refractivity contribution in [3.8, 4) is 0 Å². The Labute approximate surface area is 341 Å². The molecule has 0 saturated carbocycles. The van der Waals surface area contributed by atoms with Crippen molar-refractivity contribution in [2.24, 2.45) is 5.73 Å². The second-order valence-corrected chi connectivity index (χ2v) is 14.6. The Bertz CT molecular complexity index is 1330. The number of carboxylic acids is 1. The van der Waals surface area contributed by atoms with Crippen molar-refractivity contribution in [3.05, 3.63) is 97.2 Å². The molecule has 0 bridgehead atoms. The van der Waals surface area contributed by atoms with E-state index in [1.165, 1.54) is 0 Å². The van der Waals surface area contributed by atoms with Crippen LogP contribution in [0.4, 0.5) is 0 Å². The highest BCUT2D eigenvalue weighted by molar-refractivity contribution is 7.47. The van der Waals surface area contributed by atoms with Gasteiger partial charge in [0.2, 0.25) is 0 Å².